The van der Waals surface area contributed by atoms with Crippen LogP contribution < -0.4 is 10.5 Å². The molecule has 0 aliphatic rings. The van der Waals surface area contributed by atoms with E-state index in [9.17, 15) is 0 Å². The van der Waals surface area contributed by atoms with Gasteiger partial charge < -0.3 is 10.5 Å². The number of ether oxygens (including phenoxy) is 1. The molecule has 13 heavy (non-hydrogen) atoms. The van der Waals surface area contributed by atoms with Crippen LogP contribution in [0.25, 0.3) is 0 Å². The second-order valence-corrected chi connectivity index (χ2v) is 3.24. The lowest BCUT2D eigenvalue weighted by atomic mass is 10.00. The van der Waals surface area contributed by atoms with E-state index < -0.39 is 0 Å². The molecule has 1 rings (SSSR count). The lowest BCUT2D eigenvalue weighted by Crippen LogP contribution is -2.10. The van der Waals surface area contributed by atoms with Crippen LogP contribution in [0.1, 0.15) is 30.5 Å². The molecule has 0 heterocycles. The zero-order valence-corrected chi connectivity index (χ0v) is 8.50. The fourth-order valence-corrected chi connectivity index (χ4v) is 1.41. The third-order valence-electron chi connectivity index (χ3n) is 2.32. The van der Waals surface area contributed by atoms with Gasteiger partial charge in [-0.25, -0.2) is 0 Å². The van der Waals surface area contributed by atoms with E-state index in [1.54, 1.807) is 7.11 Å². The maximum Gasteiger partial charge on any atom is 0.119 e. The Balaban J connectivity index is 2.98. The van der Waals surface area contributed by atoms with Crippen molar-refractivity contribution in [2.45, 2.75) is 26.3 Å². The monoisotopic (exact) mass is 179 g/mol. The molecule has 2 N–H and O–H groups in total. The Kier molecular flexibility index (Phi) is 3.32. The molecule has 0 spiro atoms. The average molecular weight is 179 g/mol. The Bertz CT molecular complexity index is 283. The first kappa shape index (κ1) is 10.1. The third-order valence-corrected chi connectivity index (χ3v) is 2.32. The van der Waals surface area contributed by atoms with Gasteiger partial charge in [-0.2, -0.15) is 0 Å². The average Bonchev–Trinajstić information content (AvgIpc) is 2.16. The molecule has 0 unspecified atom stereocenters. The van der Waals surface area contributed by atoms with Gasteiger partial charge in [0.2, 0.25) is 0 Å². The molecule has 0 saturated carbocycles. The standard InChI is InChI=1S/C11H17NO/c1-4-11(12)10-6-5-9(13-3)7-8(10)2/h5-7,11H,4,12H2,1-3H3/t11-/m0/s1. The number of hydrogen-bond donors (Lipinski definition) is 1. The van der Waals surface area contributed by atoms with Crippen LogP contribution in [0.4, 0.5) is 0 Å². The van der Waals surface area contributed by atoms with E-state index in [2.05, 4.69) is 13.8 Å². The van der Waals surface area contributed by atoms with Crippen LogP contribution in [0.5, 0.6) is 5.75 Å². The fraction of sp³-hybridized carbons (Fsp3) is 0.455. The Hall–Kier alpha value is -1.02. The van der Waals surface area contributed by atoms with Gasteiger partial charge in [0.05, 0.1) is 7.11 Å². The van der Waals surface area contributed by atoms with E-state index in [4.69, 9.17) is 10.5 Å². The van der Waals surface area contributed by atoms with E-state index >= 15 is 0 Å². The highest BCUT2D eigenvalue weighted by Crippen LogP contribution is 2.22. The minimum absolute atomic E-state index is 0.144. The molecule has 1 aromatic rings. The molecule has 0 amide bonds. The molecular weight excluding hydrogens is 162 g/mol. The van der Waals surface area contributed by atoms with Crippen molar-refractivity contribution < 1.29 is 4.74 Å². The maximum absolute atomic E-state index is 5.95. The van der Waals surface area contributed by atoms with E-state index in [0.717, 1.165) is 12.2 Å². The molecule has 1 atom stereocenters. The van der Waals surface area contributed by atoms with Crippen LogP contribution in [-0.2, 0) is 0 Å². The van der Waals surface area contributed by atoms with Gasteiger partial charge in [-0.05, 0) is 36.6 Å². The summed E-state index contributed by atoms with van der Waals surface area (Å²) < 4.78 is 5.12. The molecule has 72 valence electrons. The van der Waals surface area contributed by atoms with Crippen molar-refractivity contribution in [1.29, 1.82) is 0 Å². The summed E-state index contributed by atoms with van der Waals surface area (Å²) in [5.74, 6) is 0.893. The summed E-state index contributed by atoms with van der Waals surface area (Å²) in [6, 6.07) is 6.16. The summed E-state index contributed by atoms with van der Waals surface area (Å²) in [5, 5.41) is 0. The molecule has 0 saturated heterocycles. The summed E-state index contributed by atoms with van der Waals surface area (Å²) in [5.41, 5.74) is 8.36. The van der Waals surface area contributed by atoms with Crippen molar-refractivity contribution >= 4 is 0 Å². The first-order valence-electron chi connectivity index (χ1n) is 4.59. The third kappa shape index (κ3) is 2.22. The smallest absolute Gasteiger partial charge is 0.119 e. The Morgan fingerprint density at radius 2 is 2.15 bits per heavy atom. The number of benzene rings is 1. The fourth-order valence-electron chi connectivity index (χ4n) is 1.41. The molecular formula is C11H17NO. The van der Waals surface area contributed by atoms with E-state index in [0.29, 0.717) is 0 Å². The second kappa shape index (κ2) is 4.28. The molecule has 0 bridgehead atoms. The summed E-state index contributed by atoms with van der Waals surface area (Å²) in [6.45, 7) is 4.15. The highest BCUT2D eigenvalue weighted by molar-refractivity contribution is 5.36. The highest BCUT2D eigenvalue weighted by Gasteiger charge is 2.06. The van der Waals surface area contributed by atoms with Crippen molar-refractivity contribution in [3.8, 4) is 5.75 Å². The zero-order chi connectivity index (χ0) is 9.84. The van der Waals surface area contributed by atoms with Crippen LogP contribution in [-0.4, -0.2) is 7.11 Å². The van der Waals surface area contributed by atoms with E-state index in [-0.39, 0.29) is 6.04 Å². The first-order valence-corrected chi connectivity index (χ1v) is 4.59. The molecule has 0 fully saturated rings. The van der Waals surface area contributed by atoms with Crippen LogP contribution in [0.3, 0.4) is 0 Å². The summed E-state index contributed by atoms with van der Waals surface area (Å²) >= 11 is 0. The highest BCUT2D eigenvalue weighted by atomic mass is 16.5. The predicted molar refractivity (Wildman–Crippen MR) is 55.0 cm³/mol. The number of methoxy groups -OCH3 is 1. The number of rotatable bonds is 3. The van der Waals surface area contributed by atoms with Crippen molar-refractivity contribution in [1.82, 2.24) is 0 Å². The zero-order valence-electron chi connectivity index (χ0n) is 8.50. The van der Waals surface area contributed by atoms with Gasteiger partial charge in [0.1, 0.15) is 5.75 Å². The van der Waals surface area contributed by atoms with Crippen molar-refractivity contribution in [3.63, 3.8) is 0 Å². The lowest BCUT2D eigenvalue weighted by molar-refractivity contribution is 0.414. The summed E-state index contributed by atoms with van der Waals surface area (Å²) in [4.78, 5) is 0. The number of hydrogen-bond acceptors (Lipinski definition) is 2. The molecule has 2 heteroatoms. The van der Waals surface area contributed by atoms with E-state index in [1.165, 1.54) is 11.1 Å². The molecule has 0 aromatic heterocycles. The second-order valence-electron chi connectivity index (χ2n) is 3.24. The minimum Gasteiger partial charge on any atom is -0.497 e. The molecule has 1 aromatic carbocycles. The Morgan fingerprint density at radius 3 is 2.62 bits per heavy atom. The van der Waals surface area contributed by atoms with Gasteiger partial charge in [0.15, 0.2) is 0 Å². The summed E-state index contributed by atoms with van der Waals surface area (Å²) in [7, 11) is 1.67. The summed E-state index contributed by atoms with van der Waals surface area (Å²) in [6.07, 6.45) is 0.965. The Labute approximate surface area is 79.7 Å². The van der Waals surface area contributed by atoms with Crippen LogP contribution in [0.2, 0.25) is 0 Å². The predicted octanol–water partition coefficient (Wildman–Crippen LogP) is 2.41. The van der Waals surface area contributed by atoms with Crippen LogP contribution in [0, 0.1) is 6.92 Å². The van der Waals surface area contributed by atoms with Gasteiger partial charge in [-0.15, -0.1) is 0 Å². The normalized spacial score (nSPS) is 12.6. The van der Waals surface area contributed by atoms with Gasteiger partial charge in [0.25, 0.3) is 0 Å². The van der Waals surface area contributed by atoms with Crippen molar-refractivity contribution in [3.05, 3.63) is 29.3 Å². The molecule has 0 aliphatic carbocycles. The first-order chi connectivity index (χ1) is 6.19. The maximum atomic E-state index is 5.95. The largest absolute Gasteiger partial charge is 0.497 e. The van der Waals surface area contributed by atoms with Crippen molar-refractivity contribution in [2.75, 3.05) is 7.11 Å². The SMILES string of the molecule is CC[C@H](N)c1ccc(OC)cc1C. The molecule has 0 radical (unpaired) electrons. The topological polar surface area (TPSA) is 35.2 Å². The van der Waals surface area contributed by atoms with Crippen molar-refractivity contribution in [2.24, 2.45) is 5.73 Å². The number of nitrogens with two attached hydrogens (primary N) is 1. The number of aryl methyl sites for hydroxylation is 1. The van der Waals surface area contributed by atoms with Crippen LogP contribution >= 0.6 is 0 Å². The minimum atomic E-state index is 0.144. The molecule has 0 aliphatic heterocycles. The van der Waals surface area contributed by atoms with Gasteiger partial charge in [-0.3, -0.25) is 0 Å². The lowest BCUT2D eigenvalue weighted by Gasteiger charge is -2.13. The van der Waals surface area contributed by atoms with Gasteiger partial charge in [-0.1, -0.05) is 13.0 Å². The van der Waals surface area contributed by atoms with Gasteiger partial charge in [0, 0.05) is 6.04 Å². The molecule has 2 nitrogen and oxygen atoms in total. The Morgan fingerprint density at radius 1 is 1.46 bits per heavy atom. The quantitative estimate of drug-likeness (QED) is 0.773. The van der Waals surface area contributed by atoms with E-state index in [1.807, 2.05) is 18.2 Å². The van der Waals surface area contributed by atoms with Gasteiger partial charge >= 0.3 is 0 Å². The van der Waals surface area contributed by atoms with Crippen LogP contribution in [0.15, 0.2) is 18.2 Å².